The highest BCUT2D eigenvalue weighted by Gasteiger charge is 2.52. The molecule has 0 aromatic heterocycles. The van der Waals surface area contributed by atoms with Gasteiger partial charge in [0.1, 0.15) is 0 Å². The van der Waals surface area contributed by atoms with E-state index >= 15 is 0 Å². The number of benzene rings is 1. The molecule has 4 heteroatoms. The SMILES string of the molecule is O=C(NN=Cc1ccccc1Br)C1[C@H]2CCC=CCCC=CCC[C@@H]12. The molecule has 2 aliphatic carbocycles. The number of rotatable bonds is 3. The number of nitrogens with one attached hydrogen (secondary N) is 1. The minimum Gasteiger partial charge on any atom is -0.273 e. The first-order chi connectivity index (χ1) is 12.3. The number of fused-ring (bicyclic) bond motifs is 1. The van der Waals surface area contributed by atoms with E-state index in [2.05, 4.69) is 50.8 Å². The zero-order chi connectivity index (χ0) is 17.5. The Morgan fingerprint density at radius 3 is 2.24 bits per heavy atom. The molecule has 0 aliphatic heterocycles. The van der Waals surface area contributed by atoms with E-state index in [1.165, 1.54) is 0 Å². The van der Waals surface area contributed by atoms with Crippen LogP contribution in [0.25, 0.3) is 0 Å². The smallest absolute Gasteiger partial charge is 0.243 e. The molecule has 132 valence electrons. The summed E-state index contributed by atoms with van der Waals surface area (Å²) in [6.45, 7) is 0. The van der Waals surface area contributed by atoms with Crippen LogP contribution in [0.3, 0.4) is 0 Å². The Kier molecular flexibility index (Phi) is 6.62. The summed E-state index contributed by atoms with van der Waals surface area (Å²) in [4.78, 5) is 12.5. The van der Waals surface area contributed by atoms with Crippen LogP contribution >= 0.6 is 15.9 Å². The first kappa shape index (κ1) is 18.1. The summed E-state index contributed by atoms with van der Waals surface area (Å²) in [7, 11) is 0. The molecule has 1 aromatic rings. The van der Waals surface area contributed by atoms with Gasteiger partial charge in [-0.2, -0.15) is 5.10 Å². The Labute approximate surface area is 158 Å². The highest BCUT2D eigenvalue weighted by Crippen LogP contribution is 2.52. The molecule has 2 aliphatic rings. The van der Waals surface area contributed by atoms with Gasteiger partial charge in [-0.3, -0.25) is 4.79 Å². The summed E-state index contributed by atoms with van der Waals surface area (Å²) in [5.74, 6) is 1.22. The predicted molar refractivity (Wildman–Crippen MR) is 106 cm³/mol. The van der Waals surface area contributed by atoms with Gasteiger partial charge in [0.2, 0.25) is 5.91 Å². The monoisotopic (exact) mass is 400 g/mol. The molecule has 1 fully saturated rings. The Bertz CT molecular complexity index is 656. The molecule has 1 aromatic carbocycles. The molecule has 0 saturated heterocycles. The second-order valence-electron chi connectivity index (χ2n) is 6.78. The van der Waals surface area contributed by atoms with Crippen LogP contribution < -0.4 is 5.43 Å². The molecule has 0 spiro atoms. The number of amides is 1. The Morgan fingerprint density at radius 1 is 1.00 bits per heavy atom. The van der Waals surface area contributed by atoms with E-state index < -0.39 is 0 Å². The third-order valence-corrected chi connectivity index (χ3v) is 5.81. The topological polar surface area (TPSA) is 41.5 Å². The second kappa shape index (κ2) is 9.14. The normalized spacial score (nSPS) is 26.5. The van der Waals surface area contributed by atoms with Gasteiger partial charge in [0, 0.05) is 16.0 Å². The number of hydrogen-bond acceptors (Lipinski definition) is 2. The standard InChI is InChI=1S/C21H25BrN2O/c22-19-14-10-9-11-16(19)15-23-24-21(25)20-17-12-7-5-3-1-2-4-6-8-13-18(17)20/h3-6,9-11,14-15,17-18,20H,1-2,7-8,12-13H2,(H,24,25)/t17-,18+,20?. The molecule has 0 heterocycles. The zero-order valence-electron chi connectivity index (χ0n) is 14.4. The van der Waals surface area contributed by atoms with E-state index in [1.807, 2.05) is 24.3 Å². The van der Waals surface area contributed by atoms with E-state index in [0.717, 1.165) is 48.6 Å². The fourth-order valence-corrected chi connectivity index (χ4v) is 4.07. The molecule has 1 amide bonds. The van der Waals surface area contributed by atoms with Crippen molar-refractivity contribution in [2.24, 2.45) is 22.9 Å². The first-order valence-electron chi connectivity index (χ1n) is 9.15. The van der Waals surface area contributed by atoms with Crippen molar-refractivity contribution in [3.05, 3.63) is 58.6 Å². The van der Waals surface area contributed by atoms with Crippen LogP contribution in [-0.2, 0) is 4.79 Å². The number of allylic oxidation sites excluding steroid dienone is 4. The molecule has 3 atom stereocenters. The van der Waals surface area contributed by atoms with Gasteiger partial charge in [-0.05, 0) is 56.4 Å². The molecular formula is C21H25BrN2O. The van der Waals surface area contributed by atoms with Gasteiger partial charge >= 0.3 is 0 Å². The molecular weight excluding hydrogens is 376 g/mol. The van der Waals surface area contributed by atoms with Crippen LogP contribution in [0.4, 0.5) is 0 Å². The quantitative estimate of drug-likeness (QED) is 0.421. The van der Waals surface area contributed by atoms with Crippen molar-refractivity contribution in [3.8, 4) is 0 Å². The molecule has 3 rings (SSSR count). The summed E-state index contributed by atoms with van der Waals surface area (Å²) >= 11 is 3.48. The van der Waals surface area contributed by atoms with Gasteiger partial charge in [0.25, 0.3) is 0 Å². The van der Waals surface area contributed by atoms with Gasteiger partial charge in [-0.15, -0.1) is 0 Å². The summed E-state index contributed by atoms with van der Waals surface area (Å²) < 4.78 is 0.972. The van der Waals surface area contributed by atoms with Crippen LogP contribution in [0.5, 0.6) is 0 Å². The maximum Gasteiger partial charge on any atom is 0.243 e. The Balaban J connectivity index is 1.55. The summed E-state index contributed by atoms with van der Waals surface area (Å²) in [6, 6.07) is 7.83. The molecule has 0 bridgehead atoms. The van der Waals surface area contributed by atoms with Crippen molar-refractivity contribution in [1.82, 2.24) is 5.43 Å². The van der Waals surface area contributed by atoms with Crippen LogP contribution in [0.1, 0.15) is 44.1 Å². The van der Waals surface area contributed by atoms with E-state index in [-0.39, 0.29) is 11.8 Å². The van der Waals surface area contributed by atoms with Crippen molar-refractivity contribution < 1.29 is 4.79 Å². The fraction of sp³-hybridized carbons (Fsp3) is 0.429. The van der Waals surface area contributed by atoms with E-state index in [1.54, 1.807) is 6.21 Å². The predicted octanol–water partition coefficient (Wildman–Crippen LogP) is 5.23. The number of nitrogens with zero attached hydrogens (tertiary/aromatic N) is 1. The highest BCUT2D eigenvalue weighted by atomic mass is 79.9. The van der Waals surface area contributed by atoms with Gasteiger partial charge in [-0.1, -0.05) is 58.4 Å². The third-order valence-electron chi connectivity index (χ3n) is 5.08. The molecule has 0 radical (unpaired) electrons. The van der Waals surface area contributed by atoms with Gasteiger partial charge in [0.05, 0.1) is 6.21 Å². The molecule has 1 saturated carbocycles. The lowest BCUT2D eigenvalue weighted by Crippen LogP contribution is -2.21. The average molecular weight is 401 g/mol. The zero-order valence-corrected chi connectivity index (χ0v) is 16.0. The number of halogens is 1. The van der Waals surface area contributed by atoms with E-state index in [9.17, 15) is 4.79 Å². The van der Waals surface area contributed by atoms with Crippen molar-refractivity contribution in [2.75, 3.05) is 0 Å². The van der Waals surface area contributed by atoms with Crippen LogP contribution in [0.15, 0.2) is 58.1 Å². The summed E-state index contributed by atoms with van der Waals surface area (Å²) in [5.41, 5.74) is 3.71. The number of carbonyl (C=O) groups is 1. The molecule has 25 heavy (non-hydrogen) atoms. The van der Waals surface area contributed by atoms with Crippen LogP contribution in [-0.4, -0.2) is 12.1 Å². The maximum absolute atomic E-state index is 12.5. The lowest BCUT2D eigenvalue weighted by atomic mass is 10.1. The minimum absolute atomic E-state index is 0.0705. The molecule has 1 N–H and O–H groups in total. The lowest BCUT2D eigenvalue weighted by Gasteiger charge is -2.00. The van der Waals surface area contributed by atoms with Crippen molar-refractivity contribution >= 4 is 28.1 Å². The largest absolute Gasteiger partial charge is 0.273 e. The van der Waals surface area contributed by atoms with Crippen molar-refractivity contribution in [3.63, 3.8) is 0 Å². The molecule has 3 nitrogen and oxygen atoms in total. The highest BCUT2D eigenvalue weighted by molar-refractivity contribution is 9.10. The first-order valence-corrected chi connectivity index (χ1v) is 9.94. The van der Waals surface area contributed by atoms with Gasteiger partial charge in [-0.25, -0.2) is 5.43 Å². The van der Waals surface area contributed by atoms with E-state index in [0.29, 0.717) is 11.8 Å². The van der Waals surface area contributed by atoms with E-state index in [4.69, 9.17) is 0 Å². The number of hydrazone groups is 1. The van der Waals surface area contributed by atoms with Crippen LogP contribution in [0.2, 0.25) is 0 Å². The summed E-state index contributed by atoms with van der Waals surface area (Å²) in [5, 5.41) is 4.15. The lowest BCUT2D eigenvalue weighted by molar-refractivity contribution is -0.122. The Morgan fingerprint density at radius 2 is 1.60 bits per heavy atom. The second-order valence-corrected chi connectivity index (χ2v) is 7.64. The number of hydrogen-bond donors (Lipinski definition) is 1. The van der Waals surface area contributed by atoms with Crippen LogP contribution in [0, 0.1) is 17.8 Å². The average Bonchev–Trinajstić information content (AvgIpc) is 3.29. The Hall–Kier alpha value is -1.68. The molecule has 1 unspecified atom stereocenters. The third kappa shape index (κ3) is 5.15. The van der Waals surface area contributed by atoms with Crippen molar-refractivity contribution in [2.45, 2.75) is 38.5 Å². The maximum atomic E-state index is 12.5. The summed E-state index contributed by atoms with van der Waals surface area (Å²) in [6.07, 6.45) is 17.4. The minimum atomic E-state index is 0.0705. The van der Waals surface area contributed by atoms with Gasteiger partial charge in [0.15, 0.2) is 0 Å². The van der Waals surface area contributed by atoms with Gasteiger partial charge < -0.3 is 0 Å². The fourth-order valence-electron chi connectivity index (χ4n) is 3.68. The number of carbonyl (C=O) groups excluding carboxylic acids is 1. The van der Waals surface area contributed by atoms with Crippen molar-refractivity contribution in [1.29, 1.82) is 0 Å².